The number of ether oxygens (including phenoxy) is 1. The molecule has 3 nitrogen and oxygen atoms in total. The van der Waals surface area contributed by atoms with Crippen LogP contribution in [-0.4, -0.2) is 17.4 Å². The van der Waals surface area contributed by atoms with E-state index in [2.05, 4.69) is 20.8 Å². The zero-order chi connectivity index (χ0) is 14.6. The van der Waals surface area contributed by atoms with E-state index in [1.807, 2.05) is 20.8 Å². The lowest BCUT2D eigenvalue weighted by Crippen LogP contribution is -2.27. The normalized spacial score (nSPS) is 14.2. The van der Waals surface area contributed by atoms with Crippen molar-refractivity contribution in [2.75, 3.05) is 0 Å². The molecule has 3 heteroatoms. The molecule has 0 amide bonds. The number of hydrogen-bond donors (Lipinski definition) is 0. The maximum atomic E-state index is 11.7. The highest BCUT2D eigenvalue weighted by Gasteiger charge is 2.27. The molecular weight excluding hydrogens is 228 g/mol. The van der Waals surface area contributed by atoms with Crippen LogP contribution in [0, 0.1) is 11.3 Å². The van der Waals surface area contributed by atoms with Crippen molar-refractivity contribution in [2.24, 2.45) is 11.3 Å². The van der Waals surface area contributed by atoms with Gasteiger partial charge in [-0.25, -0.2) is 0 Å². The highest BCUT2D eigenvalue weighted by molar-refractivity contribution is 5.76. The smallest absolute Gasteiger partial charge is 0.306 e. The van der Waals surface area contributed by atoms with Crippen molar-refractivity contribution in [3.05, 3.63) is 0 Å². The van der Waals surface area contributed by atoms with Crippen LogP contribution in [0.3, 0.4) is 0 Å². The van der Waals surface area contributed by atoms with Gasteiger partial charge in [0.1, 0.15) is 11.4 Å². The lowest BCUT2D eigenvalue weighted by molar-refractivity contribution is -0.155. The predicted octanol–water partition coefficient (Wildman–Crippen LogP) is 3.75. The van der Waals surface area contributed by atoms with Gasteiger partial charge in [0.2, 0.25) is 0 Å². The topological polar surface area (TPSA) is 43.4 Å². The minimum Gasteiger partial charge on any atom is -0.460 e. The second-order valence-corrected chi connectivity index (χ2v) is 7.09. The molecule has 106 valence electrons. The molecule has 0 aromatic rings. The molecule has 0 N–H and O–H groups in total. The Hall–Kier alpha value is -0.860. The third-order valence-electron chi connectivity index (χ3n) is 2.88. The molecule has 0 aromatic heterocycles. The fourth-order valence-electron chi connectivity index (χ4n) is 1.87. The molecule has 0 aliphatic rings. The lowest BCUT2D eigenvalue weighted by atomic mass is 9.75. The number of esters is 1. The number of rotatable bonds is 5. The molecule has 0 heterocycles. The van der Waals surface area contributed by atoms with Gasteiger partial charge in [-0.3, -0.25) is 4.79 Å². The summed E-state index contributed by atoms with van der Waals surface area (Å²) in [6.07, 6.45) is 1.62. The minimum absolute atomic E-state index is 0.0354. The predicted molar refractivity (Wildman–Crippen MR) is 73.3 cm³/mol. The van der Waals surface area contributed by atoms with E-state index < -0.39 is 5.60 Å². The van der Waals surface area contributed by atoms with E-state index in [0.29, 0.717) is 19.3 Å². The number of ketones is 1. The van der Waals surface area contributed by atoms with E-state index in [1.165, 1.54) is 0 Å². The van der Waals surface area contributed by atoms with Crippen LogP contribution in [0.2, 0.25) is 0 Å². The van der Waals surface area contributed by atoms with Gasteiger partial charge < -0.3 is 9.53 Å². The first kappa shape index (κ1) is 17.1. The summed E-state index contributed by atoms with van der Waals surface area (Å²) in [5.74, 6) is 0.224. The van der Waals surface area contributed by atoms with E-state index in [4.69, 9.17) is 4.74 Å². The van der Waals surface area contributed by atoms with Crippen molar-refractivity contribution < 1.29 is 14.3 Å². The molecule has 18 heavy (non-hydrogen) atoms. The van der Waals surface area contributed by atoms with Crippen LogP contribution in [0.5, 0.6) is 0 Å². The van der Waals surface area contributed by atoms with Crippen LogP contribution in [0.4, 0.5) is 0 Å². The molecule has 0 radical (unpaired) electrons. The molecule has 1 unspecified atom stereocenters. The van der Waals surface area contributed by atoms with Crippen LogP contribution in [-0.2, 0) is 14.3 Å². The fourth-order valence-corrected chi connectivity index (χ4v) is 1.87. The first-order chi connectivity index (χ1) is 7.92. The monoisotopic (exact) mass is 256 g/mol. The Labute approximate surface area is 111 Å². The van der Waals surface area contributed by atoms with Crippen molar-refractivity contribution in [3.63, 3.8) is 0 Å². The van der Waals surface area contributed by atoms with Crippen LogP contribution >= 0.6 is 0 Å². The van der Waals surface area contributed by atoms with E-state index in [0.717, 1.165) is 0 Å². The number of hydrogen-bond acceptors (Lipinski definition) is 3. The number of carbonyl (C=O) groups is 2. The van der Waals surface area contributed by atoms with Gasteiger partial charge in [-0.05, 0) is 45.4 Å². The summed E-state index contributed by atoms with van der Waals surface area (Å²) in [6, 6.07) is 0. The second-order valence-electron chi connectivity index (χ2n) is 7.09. The summed E-state index contributed by atoms with van der Waals surface area (Å²) < 4.78 is 5.28. The van der Waals surface area contributed by atoms with Crippen molar-refractivity contribution in [1.82, 2.24) is 0 Å². The SMILES string of the molecule is CC(=O)CC(CCC(=O)OC(C)(C)C)C(C)(C)C. The third-order valence-corrected chi connectivity index (χ3v) is 2.88. The molecule has 0 saturated heterocycles. The largest absolute Gasteiger partial charge is 0.460 e. The number of carbonyl (C=O) groups excluding carboxylic acids is 2. The Morgan fingerprint density at radius 1 is 1.06 bits per heavy atom. The first-order valence-corrected chi connectivity index (χ1v) is 6.63. The van der Waals surface area contributed by atoms with Crippen LogP contribution in [0.25, 0.3) is 0 Å². The quantitative estimate of drug-likeness (QED) is 0.704. The lowest BCUT2D eigenvalue weighted by Gasteiger charge is -2.30. The van der Waals surface area contributed by atoms with Crippen molar-refractivity contribution >= 4 is 11.8 Å². The van der Waals surface area contributed by atoms with Crippen molar-refractivity contribution in [3.8, 4) is 0 Å². The average Bonchev–Trinajstić information content (AvgIpc) is 2.06. The molecule has 0 saturated carbocycles. The Bertz CT molecular complexity index is 292. The molecule has 0 rings (SSSR count). The molecular formula is C15H28O3. The van der Waals surface area contributed by atoms with Gasteiger partial charge in [-0.15, -0.1) is 0 Å². The fraction of sp³-hybridized carbons (Fsp3) is 0.867. The van der Waals surface area contributed by atoms with Gasteiger partial charge in [0.25, 0.3) is 0 Å². The Balaban J connectivity index is 4.36. The van der Waals surface area contributed by atoms with Crippen LogP contribution in [0.1, 0.15) is 67.7 Å². The van der Waals surface area contributed by atoms with E-state index in [9.17, 15) is 9.59 Å². The maximum Gasteiger partial charge on any atom is 0.306 e. The summed E-state index contributed by atoms with van der Waals surface area (Å²) >= 11 is 0. The van der Waals surface area contributed by atoms with Crippen molar-refractivity contribution in [2.45, 2.75) is 73.3 Å². The summed E-state index contributed by atoms with van der Waals surface area (Å²) in [4.78, 5) is 22.9. The molecule has 0 bridgehead atoms. The van der Waals surface area contributed by atoms with Crippen molar-refractivity contribution in [1.29, 1.82) is 0 Å². The molecule has 0 fully saturated rings. The standard InChI is InChI=1S/C15H28O3/c1-11(16)10-12(14(2,3)4)8-9-13(17)18-15(5,6)7/h12H,8-10H2,1-7H3. The summed E-state index contributed by atoms with van der Waals surface area (Å²) in [5.41, 5.74) is -0.400. The van der Waals surface area contributed by atoms with Crippen LogP contribution < -0.4 is 0 Å². The molecule has 0 aromatic carbocycles. The summed E-state index contributed by atoms with van der Waals surface area (Å²) in [6.45, 7) is 13.5. The highest BCUT2D eigenvalue weighted by Crippen LogP contribution is 2.32. The van der Waals surface area contributed by atoms with Gasteiger partial charge in [-0.1, -0.05) is 20.8 Å². The zero-order valence-corrected chi connectivity index (χ0v) is 12.9. The van der Waals surface area contributed by atoms with E-state index in [-0.39, 0.29) is 23.1 Å². The zero-order valence-electron chi connectivity index (χ0n) is 12.9. The maximum absolute atomic E-state index is 11.7. The van der Waals surface area contributed by atoms with Gasteiger partial charge in [0.05, 0.1) is 0 Å². The van der Waals surface area contributed by atoms with Gasteiger partial charge >= 0.3 is 5.97 Å². The first-order valence-electron chi connectivity index (χ1n) is 6.63. The van der Waals surface area contributed by atoms with E-state index >= 15 is 0 Å². The summed E-state index contributed by atoms with van der Waals surface area (Å²) in [7, 11) is 0. The van der Waals surface area contributed by atoms with Gasteiger partial charge in [0, 0.05) is 12.8 Å². The Kier molecular flexibility index (Phi) is 6.05. The second kappa shape index (κ2) is 6.35. The molecule has 0 aliphatic heterocycles. The van der Waals surface area contributed by atoms with Crippen LogP contribution in [0.15, 0.2) is 0 Å². The molecule has 0 aliphatic carbocycles. The minimum atomic E-state index is -0.436. The summed E-state index contributed by atoms with van der Waals surface area (Å²) in [5, 5.41) is 0. The number of Topliss-reactive ketones (excluding diaryl/α,β-unsaturated/α-hetero) is 1. The average molecular weight is 256 g/mol. The van der Waals surface area contributed by atoms with Gasteiger partial charge in [-0.2, -0.15) is 0 Å². The third kappa shape index (κ3) is 8.26. The molecule has 0 spiro atoms. The molecule has 1 atom stereocenters. The van der Waals surface area contributed by atoms with Gasteiger partial charge in [0.15, 0.2) is 0 Å². The Morgan fingerprint density at radius 2 is 1.56 bits per heavy atom. The Morgan fingerprint density at radius 3 is 1.89 bits per heavy atom. The van der Waals surface area contributed by atoms with E-state index in [1.54, 1.807) is 6.92 Å². The highest BCUT2D eigenvalue weighted by atomic mass is 16.6.